The molecule has 0 saturated carbocycles. The van der Waals surface area contributed by atoms with Gasteiger partial charge in [0, 0.05) is 0 Å². The summed E-state index contributed by atoms with van der Waals surface area (Å²) in [5.74, 6) is 0. The predicted molar refractivity (Wildman–Crippen MR) is 95.9 cm³/mol. The van der Waals surface area contributed by atoms with Gasteiger partial charge in [-0.25, -0.2) is 9.13 Å². The molecule has 122 valence electrons. The van der Waals surface area contributed by atoms with Crippen molar-refractivity contribution in [2.24, 2.45) is 0 Å². The molecule has 0 fully saturated rings. The Morgan fingerprint density at radius 2 is 1.38 bits per heavy atom. The van der Waals surface area contributed by atoms with Gasteiger partial charge < -0.3 is 12.4 Å². The Morgan fingerprint density at radius 3 is 1.92 bits per heavy atom. The van der Waals surface area contributed by atoms with Gasteiger partial charge in [-0.05, 0) is 22.3 Å². The first-order valence-electron chi connectivity index (χ1n) is 7.74. The van der Waals surface area contributed by atoms with Crippen molar-refractivity contribution >= 4 is 12.2 Å². The fraction of sp³-hybridized carbons (Fsp3) is 0.0952. The molecule has 3 aromatic rings. The maximum atomic E-state index is 3.78. The van der Waals surface area contributed by atoms with E-state index in [0.717, 1.165) is 24.2 Å². The summed E-state index contributed by atoms with van der Waals surface area (Å²) in [4.78, 5) is 0. The van der Waals surface area contributed by atoms with Crippen LogP contribution in [0.25, 0.3) is 12.2 Å². The van der Waals surface area contributed by atoms with Crippen LogP contribution in [-0.2, 0) is 13.1 Å². The molecule has 0 amide bonds. The van der Waals surface area contributed by atoms with Gasteiger partial charge in [0.15, 0.2) is 0 Å². The third-order valence-corrected chi connectivity index (χ3v) is 3.91. The molecular formula is C21H21ClN2. The molecule has 0 aliphatic heterocycles. The number of imidazole rings is 1. The number of hydrogen-bond donors (Lipinski definition) is 0. The highest BCUT2D eigenvalue weighted by molar-refractivity contribution is 5.47. The number of nitrogens with zero attached hydrogens (tertiary/aromatic N) is 2. The fourth-order valence-electron chi connectivity index (χ4n) is 2.57. The minimum Gasteiger partial charge on any atom is -1.00 e. The van der Waals surface area contributed by atoms with Crippen molar-refractivity contribution in [1.29, 1.82) is 0 Å². The van der Waals surface area contributed by atoms with Gasteiger partial charge in [0.05, 0.1) is 0 Å². The van der Waals surface area contributed by atoms with Gasteiger partial charge in [-0.2, -0.15) is 0 Å². The molecule has 1 heterocycles. The summed E-state index contributed by atoms with van der Waals surface area (Å²) in [6.07, 6.45) is 10.1. The van der Waals surface area contributed by atoms with Gasteiger partial charge in [0.2, 0.25) is 6.33 Å². The maximum Gasteiger partial charge on any atom is 0.244 e. The van der Waals surface area contributed by atoms with Crippen molar-refractivity contribution in [2.45, 2.75) is 13.1 Å². The van der Waals surface area contributed by atoms with Crippen LogP contribution in [0.4, 0.5) is 0 Å². The molecule has 0 atom stereocenters. The van der Waals surface area contributed by atoms with E-state index in [0.29, 0.717) is 0 Å². The Balaban J connectivity index is 0.00000208. The van der Waals surface area contributed by atoms with E-state index in [-0.39, 0.29) is 12.4 Å². The van der Waals surface area contributed by atoms with Crippen LogP contribution in [0.1, 0.15) is 22.3 Å². The molecule has 0 saturated heterocycles. The molecule has 0 radical (unpaired) electrons. The Kier molecular flexibility index (Phi) is 6.16. The van der Waals surface area contributed by atoms with Crippen molar-refractivity contribution < 1.29 is 17.0 Å². The Morgan fingerprint density at radius 1 is 0.833 bits per heavy atom. The maximum absolute atomic E-state index is 3.78. The zero-order valence-corrected chi connectivity index (χ0v) is 14.4. The van der Waals surface area contributed by atoms with Gasteiger partial charge in [0.1, 0.15) is 25.5 Å². The Hall–Kier alpha value is -2.58. The highest BCUT2D eigenvalue weighted by Crippen LogP contribution is 2.08. The van der Waals surface area contributed by atoms with Gasteiger partial charge in [-0.1, -0.05) is 73.8 Å². The summed E-state index contributed by atoms with van der Waals surface area (Å²) in [5, 5.41) is 0. The standard InChI is InChI=1S/C21H21N2.ClH/c1-3-18-5-9-20(10-6-18)15-22-13-14-23(17-22)16-21-11-7-19(4-2)8-12-21;/h3-14,17H,1-2,15-16H2;1H/q+1;/p-1. The third kappa shape index (κ3) is 4.46. The van der Waals surface area contributed by atoms with Crippen LogP contribution in [0, 0.1) is 0 Å². The number of aromatic nitrogens is 2. The molecule has 24 heavy (non-hydrogen) atoms. The predicted octanol–water partition coefficient (Wildman–Crippen LogP) is 1.16. The number of benzene rings is 2. The monoisotopic (exact) mass is 336 g/mol. The minimum atomic E-state index is 0. The van der Waals surface area contributed by atoms with E-state index in [1.165, 1.54) is 11.1 Å². The zero-order valence-electron chi connectivity index (χ0n) is 13.6. The van der Waals surface area contributed by atoms with Crippen molar-refractivity contribution in [2.75, 3.05) is 0 Å². The van der Waals surface area contributed by atoms with Gasteiger partial charge >= 0.3 is 0 Å². The summed E-state index contributed by atoms with van der Waals surface area (Å²) in [6.45, 7) is 9.32. The quantitative estimate of drug-likeness (QED) is 0.597. The van der Waals surface area contributed by atoms with E-state index in [1.807, 2.05) is 12.2 Å². The zero-order chi connectivity index (χ0) is 16.1. The van der Waals surface area contributed by atoms with Crippen LogP contribution in [-0.4, -0.2) is 4.57 Å². The first-order valence-corrected chi connectivity index (χ1v) is 7.74. The highest BCUT2D eigenvalue weighted by atomic mass is 35.5. The van der Waals surface area contributed by atoms with Crippen LogP contribution >= 0.6 is 0 Å². The molecule has 0 aliphatic carbocycles. The minimum absolute atomic E-state index is 0. The number of halogens is 1. The Bertz CT molecular complexity index is 731. The lowest BCUT2D eigenvalue weighted by atomic mass is 10.1. The first-order chi connectivity index (χ1) is 11.3. The van der Waals surface area contributed by atoms with Gasteiger partial charge in [-0.15, -0.1) is 0 Å². The first kappa shape index (κ1) is 17.8. The lowest BCUT2D eigenvalue weighted by molar-refractivity contribution is -0.687. The van der Waals surface area contributed by atoms with E-state index in [4.69, 9.17) is 0 Å². The van der Waals surface area contributed by atoms with Gasteiger partial charge in [0.25, 0.3) is 0 Å². The second kappa shape index (κ2) is 8.32. The molecule has 2 aromatic carbocycles. The largest absolute Gasteiger partial charge is 1.00 e. The summed E-state index contributed by atoms with van der Waals surface area (Å²) >= 11 is 0. The average Bonchev–Trinajstić information content (AvgIpc) is 3.03. The smallest absolute Gasteiger partial charge is 0.244 e. The molecule has 0 unspecified atom stereocenters. The van der Waals surface area contributed by atoms with Crippen molar-refractivity contribution in [3.63, 3.8) is 0 Å². The second-order valence-electron chi connectivity index (χ2n) is 5.65. The van der Waals surface area contributed by atoms with Crippen LogP contribution in [0.15, 0.2) is 80.4 Å². The molecule has 0 spiro atoms. The van der Waals surface area contributed by atoms with Crippen LogP contribution in [0.2, 0.25) is 0 Å². The van der Waals surface area contributed by atoms with E-state index in [2.05, 4.69) is 89.5 Å². The van der Waals surface area contributed by atoms with Crippen molar-refractivity contribution in [1.82, 2.24) is 4.57 Å². The molecule has 0 aliphatic rings. The number of rotatable bonds is 6. The van der Waals surface area contributed by atoms with Crippen LogP contribution in [0.5, 0.6) is 0 Å². The lowest BCUT2D eigenvalue weighted by Gasteiger charge is -2.00. The normalized spacial score (nSPS) is 10.0. The topological polar surface area (TPSA) is 8.81 Å². The SMILES string of the molecule is C=Cc1ccc(Cn2cc[n+](Cc3ccc(C=C)cc3)c2)cc1.[Cl-]. The summed E-state index contributed by atoms with van der Waals surface area (Å²) < 4.78 is 4.39. The number of hydrogen-bond acceptors (Lipinski definition) is 0. The summed E-state index contributed by atoms with van der Waals surface area (Å²) in [6, 6.07) is 17.0. The molecule has 2 nitrogen and oxygen atoms in total. The molecule has 3 rings (SSSR count). The highest BCUT2D eigenvalue weighted by Gasteiger charge is 2.05. The van der Waals surface area contributed by atoms with Crippen LogP contribution in [0.3, 0.4) is 0 Å². The van der Waals surface area contributed by atoms with E-state index < -0.39 is 0 Å². The lowest BCUT2D eigenvalue weighted by Crippen LogP contribution is -3.00. The van der Waals surface area contributed by atoms with E-state index >= 15 is 0 Å². The van der Waals surface area contributed by atoms with Crippen molar-refractivity contribution in [3.8, 4) is 0 Å². The molecule has 0 bridgehead atoms. The summed E-state index contributed by atoms with van der Waals surface area (Å²) in [5.41, 5.74) is 4.88. The fourth-order valence-corrected chi connectivity index (χ4v) is 2.57. The van der Waals surface area contributed by atoms with E-state index in [1.54, 1.807) is 0 Å². The molecule has 3 heteroatoms. The van der Waals surface area contributed by atoms with Gasteiger partial charge in [-0.3, -0.25) is 0 Å². The molecule has 1 aromatic heterocycles. The molecular weight excluding hydrogens is 316 g/mol. The molecule has 0 N–H and O–H groups in total. The third-order valence-electron chi connectivity index (χ3n) is 3.91. The Labute approximate surface area is 149 Å². The van der Waals surface area contributed by atoms with Crippen molar-refractivity contribution in [3.05, 3.63) is 103 Å². The van der Waals surface area contributed by atoms with Crippen LogP contribution < -0.4 is 17.0 Å². The van der Waals surface area contributed by atoms with E-state index in [9.17, 15) is 0 Å². The average molecular weight is 337 g/mol. The summed E-state index contributed by atoms with van der Waals surface area (Å²) in [7, 11) is 0. The second-order valence-corrected chi connectivity index (χ2v) is 5.65.